The number of benzene rings is 3. The fourth-order valence-electron chi connectivity index (χ4n) is 5.98. The van der Waals surface area contributed by atoms with Crippen LogP contribution in [0, 0.1) is 11.8 Å². The van der Waals surface area contributed by atoms with Crippen molar-refractivity contribution in [1.29, 1.82) is 0 Å². The van der Waals surface area contributed by atoms with Crippen LogP contribution in [-0.4, -0.2) is 24.6 Å². The summed E-state index contributed by atoms with van der Waals surface area (Å²) in [7, 11) is 0. The number of unbranched alkanes of at least 4 members (excludes halogenated alkanes) is 2. The van der Waals surface area contributed by atoms with E-state index in [4.69, 9.17) is 4.74 Å². The maximum atomic E-state index is 6.06. The van der Waals surface area contributed by atoms with E-state index in [0.29, 0.717) is 0 Å². The van der Waals surface area contributed by atoms with Gasteiger partial charge in [-0.25, -0.2) is 0 Å². The van der Waals surface area contributed by atoms with Crippen LogP contribution >= 0.6 is 0 Å². The van der Waals surface area contributed by atoms with Gasteiger partial charge in [-0.1, -0.05) is 67.8 Å². The smallest absolute Gasteiger partial charge is 0.119 e. The van der Waals surface area contributed by atoms with E-state index >= 15 is 0 Å². The SMILES string of the molecule is c1ccc(CCCCCOc2ccc3cc(CN4CC[C@@H]5CCCC[C@@H]5C4)ccc3c2)cc1. The topological polar surface area (TPSA) is 12.5 Å². The van der Waals surface area contributed by atoms with E-state index in [1.54, 1.807) is 0 Å². The Morgan fingerprint density at radius 1 is 0.727 bits per heavy atom. The molecule has 0 unspecified atom stereocenters. The van der Waals surface area contributed by atoms with Crippen molar-refractivity contribution in [2.45, 2.75) is 64.3 Å². The molecular formula is C31H39NO. The molecule has 1 saturated heterocycles. The second-order valence-electron chi connectivity index (χ2n) is 10.3. The van der Waals surface area contributed by atoms with Crippen molar-refractivity contribution in [3.05, 3.63) is 77.9 Å². The first kappa shape index (κ1) is 22.5. The molecule has 0 radical (unpaired) electrons. The van der Waals surface area contributed by atoms with Crippen molar-refractivity contribution < 1.29 is 4.74 Å². The average molecular weight is 442 g/mol. The van der Waals surface area contributed by atoms with Gasteiger partial charge in [-0.15, -0.1) is 0 Å². The van der Waals surface area contributed by atoms with E-state index in [1.807, 2.05) is 0 Å². The molecule has 3 aromatic rings. The molecule has 0 bridgehead atoms. The molecule has 2 aliphatic rings. The average Bonchev–Trinajstić information content (AvgIpc) is 2.86. The Labute approximate surface area is 200 Å². The number of nitrogens with zero attached hydrogens (tertiary/aromatic N) is 1. The third-order valence-electron chi connectivity index (χ3n) is 7.88. The number of hydrogen-bond acceptors (Lipinski definition) is 2. The quantitative estimate of drug-likeness (QED) is 0.316. The van der Waals surface area contributed by atoms with Crippen LogP contribution in [0.25, 0.3) is 10.8 Å². The second-order valence-corrected chi connectivity index (χ2v) is 10.3. The molecule has 2 fully saturated rings. The van der Waals surface area contributed by atoms with Crippen molar-refractivity contribution in [2.24, 2.45) is 11.8 Å². The molecule has 174 valence electrons. The Balaban J connectivity index is 1.08. The third-order valence-corrected chi connectivity index (χ3v) is 7.88. The lowest BCUT2D eigenvalue weighted by Gasteiger charge is -2.41. The summed E-state index contributed by atoms with van der Waals surface area (Å²) in [6, 6.07) is 24.3. The molecule has 2 atom stereocenters. The molecule has 0 amide bonds. The predicted octanol–water partition coefficient (Wildman–Crippen LogP) is 7.64. The van der Waals surface area contributed by atoms with Gasteiger partial charge >= 0.3 is 0 Å². The molecule has 33 heavy (non-hydrogen) atoms. The zero-order chi connectivity index (χ0) is 22.3. The first-order valence-electron chi connectivity index (χ1n) is 13.3. The number of piperidine rings is 1. The van der Waals surface area contributed by atoms with E-state index < -0.39 is 0 Å². The summed E-state index contributed by atoms with van der Waals surface area (Å²) < 4.78 is 6.06. The lowest BCUT2D eigenvalue weighted by molar-refractivity contribution is 0.0821. The molecule has 1 aliphatic carbocycles. The lowest BCUT2D eigenvalue weighted by Crippen LogP contribution is -2.41. The maximum absolute atomic E-state index is 6.06. The molecule has 1 heterocycles. The molecular weight excluding hydrogens is 402 g/mol. The number of rotatable bonds is 9. The van der Waals surface area contributed by atoms with Crippen molar-refractivity contribution in [3.8, 4) is 5.75 Å². The van der Waals surface area contributed by atoms with Crippen LogP contribution in [-0.2, 0) is 13.0 Å². The highest BCUT2D eigenvalue weighted by Crippen LogP contribution is 2.36. The number of ether oxygens (including phenoxy) is 1. The van der Waals surface area contributed by atoms with Crippen molar-refractivity contribution in [3.63, 3.8) is 0 Å². The molecule has 0 aromatic heterocycles. The van der Waals surface area contributed by atoms with Crippen LogP contribution in [0.3, 0.4) is 0 Å². The number of likely N-dealkylation sites (tertiary alicyclic amines) is 1. The normalized spacial score (nSPS) is 21.1. The molecule has 0 N–H and O–H groups in total. The highest BCUT2D eigenvalue weighted by molar-refractivity contribution is 5.84. The molecule has 1 saturated carbocycles. The van der Waals surface area contributed by atoms with Gasteiger partial charge in [0.1, 0.15) is 5.75 Å². The zero-order valence-corrected chi connectivity index (χ0v) is 20.1. The van der Waals surface area contributed by atoms with E-state index in [9.17, 15) is 0 Å². The van der Waals surface area contributed by atoms with Gasteiger partial charge in [-0.2, -0.15) is 0 Å². The maximum Gasteiger partial charge on any atom is 0.119 e. The predicted molar refractivity (Wildman–Crippen MR) is 139 cm³/mol. The summed E-state index contributed by atoms with van der Waals surface area (Å²) in [6.07, 6.45) is 12.0. The summed E-state index contributed by atoms with van der Waals surface area (Å²) in [5, 5.41) is 2.61. The number of fused-ring (bicyclic) bond motifs is 2. The summed E-state index contributed by atoms with van der Waals surface area (Å²) in [5.74, 6) is 2.96. The molecule has 2 nitrogen and oxygen atoms in total. The molecule has 0 spiro atoms. The Morgan fingerprint density at radius 3 is 2.45 bits per heavy atom. The van der Waals surface area contributed by atoms with Crippen molar-refractivity contribution in [1.82, 2.24) is 4.90 Å². The lowest BCUT2D eigenvalue weighted by atomic mass is 9.75. The van der Waals surface area contributed by atoms with Gasteiger partial charge in [0.2, 0.25) is 0 Å². The second kappa shape index (κ2) is 11.2. The van der Waals surface area contributed by atoms with E-state index in [-0.39, 0.29) is 0 Å². The molecule has 5 rings (SSSR count). The van der Waals surface area contributed by atoms with E-state index in [2.05, 4.69) is 71.6 Å². The van der Waals surface area contributed by atoms with Crippen molar-refractivity contribution >= 4 is 10.8 Å². The highest BCUT2D eigenvalue weighted by atomic mass is 16.5. The molecule has 1 aliphatic heterocycles. The minimum Gasteiger partial charge on any atom is -0.494 e. The minimum atomic E-state index is 0.801. The van der Waals surface area contributed by atoms with Gasteiger partial charge < -0.3 is 4.74 Å². The molecule has 3 aromatic carbocycles. The molecule has 2 heteroatoms. The highest BCUT2D eigenvalue weighted by Gasteiger charge is 2.30. The Morgan fingerprint density at radius 2 is 1.55 bits per heavy atom. The Kier molecular flexibility index (Phi) is 7.63. The Hall–Kier alpha value is -2.32. The van der Waals surface area contributed by atoms with Gasteiger partial charge in [-0.05, 0) is 97.0 Å². The first-order chi connectivity index (χ1) is 16.3. The zero-order valence-electron chi connectivity index (χ0n) is 20.1. The summed E-state index contributed by atoms with van der Waals surface area (Å²) >= 11 is 0. The van der Waals surface area contributed by atoms with Crippen LogP contribution in [0.5, 0.6) is 5.75 Å². The largest absolute Gasteiger partial charge is 0.494 e. The van der Waals surface area contributed by atoms with Gasteiger partial charge in [-0.3, -0.25) is 4.90 Å². The van der Waals surface area contributed by atoms with Crippen LogP contribution in [0.1, 0.15) is 62.5 Å². The third kappa shape index (κ3) is 6.18. The van der Waals surface area contributed by atoms with Gasteiger partial charge in [0.15, 0.2) is 0 Å². The fourth-order valence-corrected chi connectivity index (χ4v) is 5.98. The van der Waals surface area contributed by atoms with Crippen LogP contribution < -0.4 is 4.74 Å². The standard InChI is InChI=1S/C31H39NO/c1-3-9-25(10-4-1)11-5-2-8-20-33-31-17-16-28-21-26(14-15-29(28)22-31)23-32-19-18-27-12-6-7-13-30(27)24-32/h1,3-4,9-10,14-17,21-22,27,30H,2,5-8,11-13,18-20,23-24H2/t27-,30+/m0/s1. The number of hydrogen-bond donors (Lipinski definition) is 0. The van der Waals surface area contributed by atoms with Crippen LogP contribution in [0.2, 0.25) is 0 Å². The van der Waals surface area contributed by atoms with Crippen LogP contribution in [0.4, 0.5) is 0 Å². The van der Waals surface area contributed by atoms with Gasteiger partial charge in [0.05, 0.1) is 6.61 Å². The number of aryl methyl sites for hydroxylation is 1. The van der Waals surface area contributed by atoms with Gasteiger partial charge in [0.25, 0.3) is 0 Å². The monoisotopic (exact) mass is 441 g/mol. The fraction of sp³-hybridized carbons (Fsp3) is 0.484. The summed E-state index contributed by atoms with van der Waals surface area (Å²) in [6.45, 7) is 4.48. The first-order valence-corrected chi connectivity index (χ1v) is 13.3. The summed E-state index contributed by atoms with van der Waals surface area (Å²) in [4.78, 5) is 2.70. The van der Waals surface area contributed by atoms with E-state index in [1.165, 1.54) is 79.9 Å². The van der Waals surface area contributed by atoms with Crippen molar-refractivity contribution in [2.75, 3.05) is 19.7 Å². The van der Waals surface area contributed by atoms with Gasteiger partial charge in [0, 0.05) is 13.1 Å². The van der Waals surface area contributed by atoms with E-state index in [0.717, 1.165) is 43.6 Å². The Bertz CT molecular complexity index is 1010. The minimum absolute atomic E-state index is 0.801. The summed E-state index contributed by atoms with van der Waals surface area (Å²) in [5.41, 5.74) is 2.88. The van der Waals surface area contributed by atoms with Crippen LogP contribution in [0.15, 0.2) is 66.7 Å².